The van der Waals surface area contributed by atoms with Crippen LogP contribution < -0.4 is 5.73 Å². The maximum atomic E-state index is 12.5. The van der Waals surface area contributed by atoms with E-state index in [0.717, 1.165) is 33.1 Å². The van der Waals surface area contributed by atoms with Gasteiger partial charge in [0.05, 0.1) is 16.1 Å². The number of rotatable bonds is 7. The molecule has 2 heterocycles. The summed E-state index contributed by atoms with van der Waals surface area (Å²) in [5, 5.41) is 1.94. The number of hydrogen-bond acceptors (Lipinski definition) is 6. The lowest BCUT2D eigenvalue weighted by molar-refractivity contribution is 0.102. The lowest BCUT2D eigenvalue weighted by Crippen LogP contribution is -2.02. The summed E-state index contributed by atoms with van der Waals surface area (Å²) < 4.78 is 0. The van der Waals surface area contributed by atoms with Crippen LogP contribution in [-0.2, 0) is 6.42 Å². The molecule has 3 aromatic rings. The fourth-order valence-corrected chi connectivity index (χ4v) is 4.67. The number of aromatic nitrogens is 2. The zero-order chi connectivity index (χ0) is 17.2. The Morgan fingerprint density at radius 1 is 1.20 bits per heavy atom. The molecule has 2 aromatic heterocycles. The number of para-hydroxylation sites is 1. The summed E-state index contributed by atoms with van der Waals surface area (Å²) in [7, 11) is 0. The number of fused-ring (bicyclic) bond motifs is 1. The van der Waals surface area contributed by atoms with Crippen molar-refractivity contribution >= 4 is 39.8 Å². The van der Waals surface area contributed by atoms with Gasteiger partial charge in [0.1, 0.15) is 10.9 Å². The van der Waals surface area contributed by atoms with E-state index in [1.165, 1.54) is 29.5 Å². The van der Waals surface area contributed by atoms with Crippen LogP contribution in [0.3, 0.4) is 0 Å². The monoisotopic (exact) mass is 369 g/mol. The van der Waals surface area contributed by atoms with Gasteiger partial charge in [0.15, 0.2) is 5.78 Å². The number of hydrogen-bond donors (Lipinski definition) is 1. The molecule has 128 valence electrons. The van der Waals surface area contributed by atoms with Gasteiger partial charge in [-0.1, -0.05) is 30.0 Å². The highest BCUT2D eigenvalue weighted by molar-refractivity contribution is 8.00. The minimum atomic E-state index is 0.147. The average molecular weight is 370 g/mol. The van der Waals surface area contributed by atoms with E-state index in [1.54, 1.807) is 11.3 Å². The smallest absolute Gasteiger partial charge is 0.183 e. The summed E-state index contributed by atoms with van der Waals surface area (Å²) in [5.41, 5.74) is 6.55. The molecule has 2 N–H and O–H groups in total. The molecule has 0 unspecified atom stereocenters. The quantitative estimate of drug-likeness (QED) is 0.387. The predicted octanol–water partition coefficient (Wildman–Crippen LogP) is 4.04. The fraction of sp³-hybridized carbons (Fsp3) is 0.316. The van der Waals surface area contributed by atoms with Crippen LogP contribution in [0.25, 0.3) is 10.9 Å². The molecule has 1 saturated carbocycles. The van der Waals surface area contributed by atoms with Crippen molar-refractivity contribution in [3.63, 3.8) is 0 Å². The largest absolute Gasteiger partial charge is 0.330 e. The fourth-order valence-electron chi connectivity index (χ4n) is 2.71. The van der Waals surface area contributed by atoms with Crippen LogP contribution in [0.2, 0.25) is 0 Å². The first-order valence-corrected chi connectivity index (χ1v) is 10.3. The second-order valence-electron chi connectivity index (χ2n) is 6.19. The highest BCUT2D eigenvalue weighted by Crippen LogP contribution is 2.39. The lowest BCUT2D eigenvalue weighted by Gasteiger charge is -2.07. The first kappa shape index (κ1) is 16.7. The molecule has 1 aliphatic rings. The number of nitrogens with zero attached hydrogens (tertiary/aromatic N) is 2. The van der Waals surface area contributed by atoms with E-state index in [4.69, 9.17) is 10.7 Å². The molecule has 0 radical (unpaired) electrons. The molecule has 0 spiro atoms. The standard InChI is InChI=1S/C19H19N3OS2/c20-10-9-13-7-8-17(25-13)16(23)11-24-19-14-3-1-2-4-15(14)21-18(22-19)12-5-6-12/h1-4,7-8,12H,5-6,9-11,20H2. The molecule has 4 nitrogen and oxygen atoms in total. The van der Waals surface area contributed by atoms with Gasteiger partial charge >= 0.3 is 0 Å². The summed E-state index contributed by atoms with van der Waals surface area (Å²) >= 11 is 3.06. The van der Waals surface area contributed by atoms with Crippen molar-refractivity contribution < 1.29 is 4.79 Å². The summed E-state index contributed by atoms with van der Waals surface area (Å²) in [6.45, 7) is 0.611. The van der Waals surface area contributed by atoms with Crippen molar-refractivity contribution in [2.24, 2.45) is 5.73 Å². The van der Waals surface area contributed by atoms with Gasteiger partial charge in [0.2, 0.25) is 0 Å². The second-order valence-corrected chi connectivity index (χ2v) is 8.33. The number of nitrogens with two attached hydrogens (primary N) is 1. The molecule has 1 aliphatic carbocycles. The SMILES string of the molecule is NCCc1ccc(C(=O)CSc2nc(C3CC3)nc3ccccc23)s1. The third kappa shape index (κ3) is 3.76. The van der Waals surface area contributed by atoms with Gasteiger partial charge in [-0.2, -0.15) is 0 Å². The van der Waals surface area contributed by atoms with E-state index in [-0.39, 0.29) is 5.78 Å². The topological polar surface area (TPSA) is 68.9 Å². The van der Waals surface area contributed by atoms with E-state index < -0.39 is 0 Å². The molecule has 1 fully saturated rings. The van der Waals surface area contributed by atoms with Crippen LogP contribution >= 0.6 is 23.1 Å². The van der Waals surface area contributed by atoms with Gasteiger partial charge < -0.3 is 5.73 Å². The van der Waals surface area contributed by atoms with Crippen molar-refractivity contribution in [1.29, 1.82) is 0 Å². The Labute approximate surface area is 154 Å². The zero-order valence-corrected chi connectivity index (χ0v) is 15.4. The van der Waals surface area contributed by atoms with Crippen molar-refractivity contribution in [2.75, 3.05) is 12.3 Å². The highest BCUT2D eigenvalue weighted by Gasteiger charge is 2.27. The van der Waals surface area contributed by atoms with Gasteiger partial charge in [0.25, 0.3) is 0 Å². The van der Waals surface area contributed by atoms with Gasteiger partial charge in [-0.3, -0.25) is 4.79 Å². The second kappa shape index (κ2) is 7.23. The molecule has 0 amide bonds. The van der Waals surface area contributed by atoms with Crippen molar-refractivity contribution in [1.82, 2.24) is 9.97 Å². The highest BCUT2D eigenvalue weighted by atomic mass is 32.2. The van der Waals surface area contributed by atoms with Gasteiger partial charge in [-0.25, -0.2) is 9.97 Å². The molecule has 1 aromatic carbocycles. The third-order valence-corrected chi connectivity index (χ3v) is 6.37. The van der Waals surface area contributed by atoms with E-state index in [2.05, 4.69) is 4.98 Å². The Morgan fingerprint density at radius 2 is 2.04 bits per heavy atom. The first-order valence-electron chi connectivity index (χ1n) is 8.46. The maximum absolute atomic E-state index is 12.5. The number of ketones is 1. The number of carbonyl (C=O) groups excluding carboxylic acids is 1. The lowest BCUT2D eigenvalue weighted by atomic mass is 10.2. The maximum Gasteiger partial charge on any atom is 0.183 e. The molecule has 0 atom stereocenters. The molecule has 25 heavy (non-hydrogen) atoms. The van der Waals surface area contributed by atoms with E-state index >= 15 is 0 Å². The molecule has 0 aliphatic heterocycles. The number of benzene rings is 1. The molecular formula is C19H19N3OS2. The molecule has 0 saturated heterocycles. The van der Waals surface area contributed by atoms with Gasteiger partial charge in [-0.15, -0.1) is 11.3 Å². The minimum absolute atomic E-state index is 0.147. The number of Topliss-reactive ketones (excluding diaryl/α,β-unsaturated/α-hetero) is 1. The van der Waals surface area contributed by atoms with E-state index in [0.29, 0.717) is 18.2 Å². The van der Waals surface area contributed by atoms with Crippen molar-refractivity contribution in [3.8, 4) is 0 Å². The normalized spacial score (nSPS) is 14.1. The first-order chi connectivity index (χ1) is 12.2. The Kier molecular flexibility index (Phi) is 4.83. The Hall–Kier alpha value is -1.76. The van der Waals surface area contributed by atoms with Crippen LogP contribution in [0.4, 0.5) is 0 Å². The van der Waals surface area contributed by atoms with Gasteiger partial charge in [0, 0.05) is 16.2 Å². The average Bonchev–Trinajstić information content (AvgIpc) is 3.38. The van der Waals surface area contributed by atoms with E-state index in [9.17, 15) is 4.79 Å². The van der Waals surface area contributed by atoms with Crippen LogP contribution in [0.15, 0.2) is 41.4 Å². The Balaban J connectivity index is 1.54. The van der Waals surface area contributed by atoms with Crippen molar-refractivity contribution in [2.45, 2.75) is 30.2 Å². The number of thioether (sulfide) groups is 1. The van der Waals surface area contributed by atoms with E-state index in [1.807, 2.05) is 36.4 Å². The third-order valence-electron chi connectivity index (χ3n) is 4.20. The van der Waals surface area contributed by atoms with Crippen LogP contribution in [-0.4, -0.2) is 28.0 Å². The van der Waals surface area contributed by atoms with Crippen molar-refractivity contribution in [3.05, 3.63) is 52.0 Å². The molecular weight excluding hydrogens is 350 g/mol. The molecule has 0 bridgehead atoms. The summed E-state index contributed by atoms with van der Waals surface area (Å²) in [6, 6.07) is 12.0. The molecule has 4 rings (SSSR count). The Bertz CT molecular complexity index is 918. The van der Waals surface area contributed by atoms with Crippen LogP contribution in [0, 0.1) is 0 Å². The Morgan fingerprint density at radius 3 is 2.84 bits per heavy atom. The summed E-state index contributed by atoms with van der Waals surface area (Å²) in [4.78, 5) is 23.9. The number of thiophene rings is 1. The predicted molar refractivity (Wildman–Crippen MR) is 104 cm³/mol. The van der Waals surface area contributed by atoms with Crippen LogP contribution in [0.5, 0.6) is 0 Å². The summed E-state index contributed by atoms with van der Waals surface area (Å²) in [5.74, 6) is 1.97. The summed E-state index contributed by atoms with van der Waals surface area (Å²) in [6.07, 6.45) is 3.16. The number of carbonyl (C=O) groups is 1. The van der Waals surface area contributed by atoms with Gasteiger partial charge in [-0.05, 0) is 44.0 Å². The van der Waals surface area contributed by atoms with Crippen LogP contribution in [0.1, 0.15) is 39.1 Å². The zero-order valence-electron chi connectivity index (χ0n) is 13.8. The minimum Gasteiger partial charge on any atom is -0.330 e. The molecule has 6 heteroatoms.